The number of unbranched alkanes of at least 4 members (excludes halogenated alkanes) is 1. The van der Waals surface area contributed by atoms with Crippen molar-refractivity contribution >= 4 is 0 Å². The molecule has 0 bridgehead atoms. The lowest BCUT2D eigenvalue weighted by Gasteiger charge is -2.42. The third-order valence-corrected chi connectivity index (χ3v) is 6.32. The molecule has 182 valence electrons. The quantitative estimate of drug-likeness (QED) is 0.380. The minimum atomic E-state index is -4.87. The molecule has 0 amide bonds. The average molecular weight is 474 g/mol. The Labute approximate surface area is 190 Å². The van der Waals surface area contributed by atoms with Crippen LogP contribution >= 0.6 is 0 Å². The average Bonchev–Trinajstić information content (AvgIpc) is 2.78. The normalized spacial score (nSPS) is 17.3. The summed E-state index contributed by atoms with van der Waals surface area (Å²) in [4.78, 5) is 2.40. The summed E-state index contributed by atoms with van der Waals surface area (Å²) in [5.41, 5.74) is -2.02. The molecule has 33 heavy (non-hydrogen) atoms. The third kappa shape index (κ3) is 6.73. The van der Waals surface area contributed by atoms with Gasteiger partial charge in [-0.25, -0.2) is 0 Å². The molecule has 0 unspecified atom stereocenters. The maximum atomic E-state index is 13.1. The van der Waals surface area contributed by atoms with Gasteiger partial charge in [-0.05, 0) is 68.2 Å². The van der Waals surface area contributed by atoms with Crippen molar-refractivity contribution in [1.29, 1.82) is 0 Å². The van der Waals surface area contributed by atoms with Crippen LogP contribution in [0, 0.1) is 0 Å². The first-order valence-corrected chi connectivity index (χ1v) is 11.2. The monoisotopic (exact) mass is 473 g/mol. The fraction of sp³-hybridized carbons (Fsp3) is 0.520. The molecule has 8 heteroatoms. The van der Waals surface area contributed by atoms with E-state index in [-0.39, 0.29) is 30.3 Å². The van der Waals surface area contributed by atoms with Gasteiger partial charge in [-0.15, -0.1) is 0 Å². The fourth-order valence-corrected chi connectivity index (χ4v) is 4.36. The smallest absolute Gasteiger partial charge is 0.376 e. The topological polar surface area (TPSA) is 12.5 Å². The summed E-state index contributed by atoms with van der Waals surface area (Å²) in [5.74, 6) is 0. The van der Waals surface area contributed by atoms with Crippen molar-refractivity contribution in [1.82, 2.24) is 4.90 Å². The van der Waals surface area contributed by atoms with Gasteiger partial charge in [0.25, 0.3) is 0 Å². The molecule has 0 spiro atoms. The Kier molecular flexibility index (Phi) is 8.11. The number of piperidine rings is 1. The Bertz CT molecular complexity index is 854. The Hall–Kier alpha value is -2.06. The van der Waals surface area contributed by atoms with Crippen LogP contribution in [0.25, 0.3) is 0 Å². The molecule has 2 nitrogen and oxygen atoms in total. The van der Waals surface area contributed by atoms with Gasteiger partial charge in [-0.3, -0.25) is 0 Å². The molecule has 1 aliphatic heterocycles. The summed E-state index contributed by atoms with van der Waals surface area (Å²) in [6.45, 7) is 4.83. The van der Waals surface area contributed by atoms with Gasteiger partial charge >= 0.3 is 12.4 Å². The van der Waals surface area contributed by atoms with Gasteiger partial charge in [0.1, 0.15) is 0 Å². The van der Waals surface area contributed by atoms with E-state index in [1.165, 1.54) is 0 Å². The summed E-state index contributed by atoms with van der Waals surface area (Å²) in [5, 5.41) is 0. The van der Waals surface area contributed by atoms with Crippen LogP contribution in [0.2, 0.25) is 0 Å². The van der Waals surface area contributed by atoms with E-state index >= 15 is 0 Å². The summed E-state index contributed by atoms with van der Waals surface area (Å²) in [6, 6.07) is 11.4. The van der Waals surface area contributed by atoms with E-state index in [0.717, 1.165) is 63.0 Å². The second kappa shape index (κ2) is 10.5. The van der Waals surface area contributed by atoms with Gasteiger partial charge in [0.2, 0.25) is 0 Å². The molecule has 0 radical (unpaired) electrons. The SMILES string of the molecule is CCCCN1CCC(COCc2cc(C(F)(F)F)cc(C(F)(F)F)c2)(c2ccccc2)CC1. The maximum Gasteiger partial charge on any atom is 0.416 e. The van der Waals surface area contributed by atoms with Gasteiger partial charge in [0.15, 0.2) is 0 Å². The van der Waals surface area contributed by atoms with Crippen molar-refractivity contribution in [3.05, 3.63) is 70.8 Å². The summed E-state index contributed by atoms with van der Waals surface area (Å²) >= 11 is 0. The molecule has 1 heterocycles. The molecule has 2 aromatic carbocycles. The first kappa shape index (κ1) is 25.6. The molecule has 0 aliphatic carbocycles. The van der Waals surface area contributed by atoms with Crippen molar-refractivity contribution < 1.29 is 31.1 Å². The van der Waals surface area contributed by atoms with E-state index in [1.807, 2.05) is 30.3 Å². The minimum absolute atomic E-state index is 0.138. The predicted octanol–water partition coefficient (Wildman–Crippen LogP) is 7.07. The second-order valence-electron chi connectivity index (χ2n) is 8.75. The Morgan fingerprint density at radius 1 is 0.879 bits per heavy atom. The van der Waals surface area contributed by atoms with Gasteiger partial charge in [-0.2, -0.15) is 26.3 Å². The number of likely N-dealkylation sites (tertiary alicyclic amines) is 1. The molecule has 1 saturated heterocycles. The van der Waals surface area contributed by atoms with Gasteiger partial charge < -0.3 is 9.64 Å². The number of rotatable bonds is 8. The molecule has 3 rings (SSSR count). The van der Waals surface area contributed by atoms with Crippen LogP contribution in [0.3, 0.4) is 0 Å². The highest BCUT2D eigenvalue weighted by atomic mass is 19.4. The van der Waals surface area contributed by atoms with Crippen molar-refractivity contribution in [3.63, 3.8) is 0 Å². The number of hydrogen-bond acceptors (Lipinski definition) is 2. The lowest BCUT2D eigenvalue weighted by atomic mass is 9.73. The van der Waals surface area contributed by atoms with Crippen molar-refractivity contribution in [2.75, 3.05) is 26.2 Å². The Morgan fingerprint density at radius 2 is 1.45 bits per heavy atom. The van der Waals surface area contributed by atoms with Crippen LogP contribution in [0.1, 0.15) is 54.9 Å². The van der Waals surface area contributed by atoms with Gasteiger partial charge in [0.05, 0.1) is 24.3 Å². The van der Waals surface area contributed by atoms with Crippen molar-refractivity contribution in [2.24, 2.45) is 0 Å². The fourth-order valence-electron chi connectivity index (χ4n) is 4.36. The van der Waals surface area contributed by atoms with Crippen LogP contribution < -0.4 is 0 Å². The van der Waals surface area contributed by atoms with E-state index in [1.54, 1.807) is 0 Å². The standard InChI is InChI=1S/C25H29F6NO/c1-2-3-11-32-12-9-23(10-13-32,20-7-5-4-6-8-20)18-33-17-19-14-21(24(26,27)28)16-22(15-19)25(29,30)31/h4-8,14-16H,2-3,9-13,17-18H2,1H3. The van der Waals surface area contributed by atoms with E-state index in [4.69, 9.17) is 4.74 Å². The summed E-state index contributed by atoms with van der Waals surface area (Å²) in [7, 11) is 0. The van der Waals surface area contributed by atoms with Gasteiger partial charge in [0, 0.05) is 5.41 Å². The molecular weight excluding hydrogens is 444 g/mol. The highest BCUT2D eigenvalue weighted by Crippen LogP contribution is 2.38. The number of alkyl halides is 6. The van der Waals surface area contributed by atoms with Gasteiger partial charge in [-0.1, -0.05) is 43.7 Å². The number of nitrogens with zero attached hydrogens (tertiary/aromatic N) is 1. The van der Waals surface area contributed by atoms with Crippen LogP contribution in [0.15, 0.2) is 48.5 Å². The molecule has 2 aromatic rings. The van der Waals surface area contributed by atoms with E-state index in [9.17, 15) is 26.3 Å². The zero-order valence-electron chi connectivity index (χ0n) is 18.6. The van der Waals surface area contributed by atoms with Crippen LogP contribution in [-0.2, 0) is 29.1 Å². The van der Waals surface area contributed by atoms with Crippen molar-refractivity contribution in [3.8, 4) is 0 Å². The first-order valence-electron chi connectivity index (χ1n) is 11.2. The maximum absolute atomic E-state index is 13.1. The molecule has 0 N–H and O–H groups in total. The largest absolute Gasteiger partial charge is 0.416 e. The number of hydrogen-bond donors (Lipinski definition) is 0. The Morgan fingerprint density at radius 3 is 1.97 bits per heavy atom. The minimum Gasteiger partial charge on any atom is -0.376 e. The van der Waals surface area contributed by atoms with Crippen LogP contribution in [-0.4, -0.2) is 31.1 Å². The highest BCUT2D eigenvalue weighted by Gasteiger charge is 2.38. The lowest BCUT2D eigenvalue weighted by molar-refractivity contribution is -0.143. The van der Waals surface area contributed by atoms with Crippen LogP contribution in [0.5, 0.6) is 0 Å². The van der Waals surface area contributed by atoms with Crippen LogP contribution in [0.4, 0.5) is 26.3 Å². The molecule has 0 aromatic heterocycles. The second-order valence-corrected chi connectivity index (χ2v) is 8.75. The summed E-state index contributed by atoms with van der Waals surface area (Å²) < 4.78 is 84.7. The zero-order chi connectivity index (χ0) is 24.1. The summed E-state index contributed by atoms with van der Waals surface area (Å²) in [6.07, 6.45) is -5.88. The lowest BCUT2D eigenvalue weighted by Crippen LogP contribution is -2.45. The molecule has 1 aliphatic rings. The zero-order valence-corrected chi connectivity index (χ0v) is 18.6. The van der Waals surface area contributed by atoms with E-state index in [2.05, 4.69) is 11.8 Å². The Balaban J connectivity index is 1.76. The van der Waals surface area contributed by atoms with E-state index in [0.29, 0.717) is 0 Å². The molecular formula is C25H29F6NO. The first-order chi connectivity index (χ1) is 15.5. The number of halogens is 6. The van der Waals surface area contributed by atoms with E-state index < -0.39 is 23.5 Å². The predicted molar refractivity (Wildman–Crippen MR) is 115 cm³/mol. The molecule has 0 atom stereocenters. The number of benzene rings is 2. The number of ether oxygens (including phenoxy) is 1. The third-order valence-electron chi connectivity index (χ3n) is 6.32. The van der Waals surface area contributed by atoms with Crippen molar-refractivity contribution in [2.45, 2.75) is 57.0 Å². The molecule has 1 fully saturated rings. The molecule has 0 saturated carbocycles. The highest BCUT2D eigenvalue weighted by molar-refractivity contribution is 5.33.